The quantitative estimate of drug-likeness (QED) is 0.708. The minimum atomic E-state index is -0.556. The predicted octanol–water partition coefficient (Wildman–Crippen LogP) is 2.25. The Kier molecular flexibility index (Phi) is 5.96. The maximum absolute atomic E-state index is 11.8. The maximum atomic E-state index is 11.8. The number of benzene rings is 1. The van der Waals surface area contributed by atoms with E-state index in [2.05, 4.69) is 20.6 Å². The molecule has 0 fully saturated rings. The van der Waals surface area contributed by atoms with Crippen LogP contribution in [0.1, 0.15) is 26.3 Å². The molecular weight excluding hydrogens is 334 g/mol. The fourth-order valence-corrected chi connectivity index (χ4v) is 2.06. The Morgan fingerprint density at radius 3 is 2.58 bits per heavy atom. The van der Waals surface area contributed by atoms with Crippen molar-refractivity contribution >= 4 is 12.0 Å². The summed E-state index contributed by atoms with van der Waals surface area (Å²) in [5.41, 5.74) is 0.887. The van der Waals surface area contributed by atoms with E-state index in [-0.39, 0.29) is 5.56 Å². The molecule has 0 spiro atoms. The molecule has 1 heterocycles. The number of hydrogen-bond donors (Lipinski definition) is 3. The van der Waals surface area contributed by atoms with E-state index in [1.807, 2.05) is 6.07 Å². The molecule has 0 radical (unpaired) electrons. The second-order valence-electron chi connectivity index (χ2n) is 6.52. The molecule has 0 bridgehead atoms. The fourth-order valence-electron chi connectivity index (χ4n) is 2.06. The normalized spacial score (nSPS) is 10.7. The molecule has 2 rings (SSSR count). The number of anilines is 1. The number of aromatic amines is 1. The van der Waals surface area contributed by atoms with E-state index >= 15 is 0 Å². The number of carbonyl (C=O) groups is 1. The standard InChI is InChI=1S/C18H21N5O3/c1-18(2,3)26-17(25)21-9-8-20-16-22-14(10-15(24)23-16)13-6-4-12(11-19)5-7-13/h4-7,10H,8-9H2,1-3H3,(H,21,25)(H2,20,22,23,24). The summed E-state index contributed by atoms with van der Waals surface area (Å²) < 4.78 is 5.13. The van der Waals surface area contributed by atoms with Gasteiger partial charge in [0.15, 0.2) is 0 Å². The number of nitrogens with zero attached hydrogens (tertiary/aromatic N) is 2. The van der Waals surface area contributed by atoms with Gasteiger partial charge in [-0.25, -0.2) is 9.78 Å². The molecule has 136 valence electrons. The van der Waals surface area contributed by atoms with Crippen molar-refractivity contribution in [2.24, 2.45) is 0 Å². The number of amides is 1. The number of nitrogens with one attached hydrogen (secondary N) is 3. The molecule has 1 amide bonds. The van der Waals surface area contributed by atoms with Crippen molar-refractivity contribution in [3.63, 3.8) is 0 Å². The number of alkyl carbamates (subject to hydrolysis) is 1. The fraction of sp³-hybridized carbons (Fsp3) is 0.333. The molecule has 26 heavy (non-hydrogen) atoms. The van der Waals surface area contributed by atoms with Crippen LogP contribution >= 0.6 is 0 Å². The van der Waals surface area contributed by atoms with Crippen LogP contribution in [0.3, 0.4) is 0 Å². The van der Waals surface area contributed by atoms with Crippen LogP contribution in [0.2, 0.25) is 0 Å². The lowest BCUT2D eigenvalue weighted by atomic mass is 10.1. The van der Waals surface area contributed by atoms with Gasteiger partial charge in [0.1, 0.15) is 5.60 Å². The molecule has 8 nitrogen and oxygen atoms in total. The Balaban J connectivity index is 1.96. The van der Waals surface area contributed by atoms with Gasteiger partial charge in [-0.15, -0.1) is 0 Å². The van der Waals surface area contributed by atoms with Crippen LogP contribution in [0, 0.1) is 11.3 Å². The zero-order valence-corrected chi connectivity index (χ0v) is 14.9. The lowest BCUT2D eigenvalue weighted by Crippen LogP contribution is -2.35. The van der Waals surface area contributed by atoms with Crippen molar-refractivity contribution in [3.05, 3.63) is 46.2 Å². The van der Waals surface area contributed by atoms with Gasteiger partial charge in [-0.05, 0) is 32.9 Å². The second-order valence-corrected chi connectivity index (χ2v) is 6.52. The molecule has 0 aliphatic carbocycles. The van der Waals surface area contributed by atoms with E-state index in [1.54, 1.807) is 45.0 Å². The summed E-state index contributed by atoms with van der Waals surface area (Å²) in [4.78, 5) is 30.3. The molecule has 0 saturated carbocycles. The average Bonchev–Trinajstić information content (AvgIpc) is 2.57. The highest BCUT2D eigenvalue weighted by atomic mass is 16.6. The summed E-state index contributed by atoms with van der Waals surface area (Å²) in [6.45, 7) is 6.02. The molecule has 1 aromatic heterocycles. The number of hydrogen-bond acceptors (Lipinski definition) is 6. The Bertz CT molecular complexity index is 860. The zero-order chi connectivity index (χ0) is 19.2. The van der Waals surface area contributed by atoms with Crippen LogP contribution in [-0.4, -0.2) is 34.8 Å². The van der Waals surface area contributed by atoms with E-state index in [0.717, 1.165) is 5.56 Å². The van der Waals surface area contributed by atoms with Crippen LogP contribution in [0.5, 0.6) is 0 Å². The van der Waals surface area contributed by atoms with Crippen molar-refractivity contribution in [2.45, 2.75) is 26.4 Å². The third kappa shape index (κ3) is 5.94. The second kappa shape index (κ2) is 8.16. The molecule has 8 heteroatoms. The molecule has 3 N–H and O–H groups in total. The molecule has 0 unspecified atom stereocenters. The third-order valence-electron chi connectivity index (χ3n) is 3.14. The van der Waals surface area contributed by atoms with E-state index in [4.69, 9.17) is 10.00 Å². The number of carbonyl (C=O) groups excluding carboxylic acids is 1. The SMILES string of the molecule is CC(C)(C)OC(=O)NCCNc1nc(-c2ccc(C#N)cc2)cc(=O)[nH]1. The van der Waals surface area contributed by atoms with Crippen LogP contribution < -0.4 is 16.2 Å². The summed E-state index contributed by atoms with van der Waals surface area (Å²) in [7, 11) is 0. The van der Waals surface area contributed by atoms with Crippen LogP contribution in [-0.2, 0) is 4.74 Å². The van der Waals surface area contributed by atoms with E-state index in [1.165, 1.54) is 6.07 Å². The van der Waals surface area contributed by atoms with Gasteiger partial charge in [-0.2, -0.15) is 5.26 Å². The van der Waals surface area contributed by atoms with Crippen molar-refractivity contribution in [2.75, 3.05) is 18.4 Å². The van der Waals surface area contributed by atoms with Gasteiger partial charge in [0.05, 0.1) is 17.3 Å². The summed E-state index contributed by atoms with van der Waals surface area (Å²) in [6.07, 6.45) is -0.507. The highest BCUT2D eigenvalue weighted by Crippen LogP contribution is 2.16. The van der Waals surface area contributed by atoms with Gasteiger partial charge in [-0.3, -0.25) is 9.78 Å². The smallest absolute Gasteiger partial charge is 0.407 e. The molecule has 0 aliphatic rings. The number of rotatable bonds is 5. The number of H-pyrrole nitrogens is 1. The average molecular weight is 355 g/mol. The third-order valence-corrected chi connectivity index (χ3v) is 3.14. The highest BCUT2D eigenvalue weighted by molar-refractivity contribution is 5.67. The number of aromatic nitrogens is 2. The summed E-state index contributed by atoms with van der Waals surface area (Å²) >= 11 is 0. The van der Waals surface area contributed by atoms with Crippen molar-refractivity contribution < 1.29 is 9.53 Å². The van der Waals surface area contributed by atoms with E-state index < -0.39 is 11.7 Å². The van der Waals surface area contributed by atoms with Crippen LogP contribution in [0.15, 0.2) is 35.1 Å². The number of ether oxygens (including phenoxy) is 1. The first-order valence-electron chi connectivity index (χ1n) is 8.09. The van der Waals surface area contributed by atoms with Gasteiger partial charge in [-0.1, -0.05) is 12.1 Å². The monoisotopic (exact) mass is 355 g/mol. The minimum Gasteiger partial charge on any atom is -0.444 e. The Labute approximate surface area is 151 Å². The molecule has 0 atom stereocenters. The largest absolute Gasteiger partial charge is 0.444 e. The summed E-state index contributed by atoms with van der Waals surface area (Å²) in [5.74, 6) is 0.294. The number of nitriles is 1. The van der Waals surface area contributed by atoms with Crippen molar-refractivity contribution in [1.82, 2.24) is 15.3 Å². The molecule has 0 saturated heterocycles. The maximum Gasteiger partial charge on any atom is 0.407 e. The van der Waals surface area contributed by atoms with Crippen LogP contribution in [0.4, 0.5) is 10.7 Å². The van der Waals surface area contributed by atoms with Gasteiger partial charge in [0.25, 0.3) is 5.56 Å². The molecule has 0 aliphatic heterocycles. The first kappa shape index (κ1) is 19.0. The van der Waals surface area contributed by atoms with Crippen LogP contribution in [0.25, 0.3) is 11.3 Å². The van der Waals surface area contributed by atoms with Gasteiger partial charge in [0, 0.05) is 24.7 Å². The van der Waals surface area contributed by atoms with E-state index in [9.17, 15) is 9.59 Å². The summed E-state index contributed by atoms with van der Waals surface area (Å²) in [6, 6.07) is 10.2. The summed E-state index contributed by atoms with van der Waals surface area (Å²) in [5, 5.41) is 14.4. The van der Waals surface area contributed by atoms with E-state index in [0.29, 0.717) is 30.3 Å². The van der Waals surface area contributed by atoms with Gasteiger partial charge < -0.3 is 15.4 Å². The Morgan fingerprint density at radius 1 is 1.27 bits per heavy atom. The predicted molar refractivity (Wildman–Crippen MR) is 97.7 cm³/mol. The van der Waals surface area contributed by atoms with Crippen molar-refractivity contribution in [1.29, 1.82) is 5.26 Å². The van der Waals surface area contributed by atoms with Gasteiger partial charge in [0.2, 0.25) is 5.95 Å². The van der Waals surface area contributed by atoms with Gasteiger partial charge >= 0.3 is 6.09 Å². The topological polar surface area (TPSA) is 120 Å². The Morgan fingerprint density at radius 2 is 1.96 bits per heavy atom. The lowest BCUT2D eigenvalue weighted by Gasteiger charge is -2.19. The lowest BCUT2D eigenvalue weighted by molar-refractivity contribution is 0.0530. The molecular formula is C18H21N5O3. The minimum absolute atomic E-state index is 0.294. The van der Waals surface area contributed by atoms with Crippen molar-refractivity contribution in [3.8, 4) is 17.3 Å². The zero-order valence-electron chi connectivity index (χ0n) is 14.9. The molecule has 1 aromatic carbocycles. The first-order chi connectivity index (χ1) is 12.3. The molecule has 2 aromatic rings. The first-order valence-corrected chi connectivity index (χ1v) is 8.09. The highest BCUT2D eigenvalue weighted by Gasteiger charge is 2.15. The Hall–Kier alpha value is -3.34.